The highest BCUT2D eigenvalue weighted by molar-refractivity contribution is 6.00. The Morgan fingerprint density at radius 1 is 0.776 bits per heavy atom. The molecule has 1 heterocycles. The van der Waals surface area contributed by atoms with Gasteiger partial charge in [-0.3, -0.25) is 15.3 Å². The minimum Gasteiger partial charge on any atom is -0.390 e. The second-order valence-electron chi connectivity index (χ2n) is 18.1. The van der Waals surface area contributed by atoms with Crippen molar-refractivity contribution in [3.05, 3.63) is 0 Å². The number of nitrogens with two attached hydrogens (primary N) is 2. The zero-order chi connectivity index (χ0) is 34.2. The number of carbonyl (C=O) groups excluding carboxylic acids is 2. The first-order valence-electron chi connectivity index (χ1n) is 21.2. The maximum absolute atomic E-state index is 14.3. The number of fused-ring (bicyclic) bond motifs is 2. The van der Waals surface area contributed by atoms with Crippen molar-refractivity contribution in [3.63, 3.8) is 0 Å². The number of aliphatic hydroxyl groups excluding tert-OH is 1. The molecule has 4 saturated carbocycles. The molecule has 0 amide bonds. The van der Waals surface area contributed by atoms with Gasteiger partial charge in [0.05, 0.1) is 25.2 Å². The summed E-state index contributed by atoms with van der Waals surface area (Å²) >= 11 is 0. The number of Topliss-reactive ketones (excluding diaryl/α,β-unsaturated/α-hetero) is 2. The number of quaternary nitrogens is 1. The zero-order valence-corrected chi connectivity index (χ0v) is 31.0. The zero-order valence-electron chi connectivity index (χ0n) is 31.0. The molecule has 5 fully saturated rings. The average molecular weight is 680 g/mol. The van der Waals surface area contributed by atoms with E-state index in [0.29, 0.717) is 42.4 Å². The van der Waals surface area contributed by atoms with E-state index >= 15 is 0 Å². The van der Waals surface area contributed by atoms with Gasteiger partial charge in [0.1, 0.15) is 17.7 Å². The number of hydrogen-bond acceptors (Lipinski definition) is 5. The summed E-state index contributed by atoms with van der Waals surface area (Å²) in [5, 5.41) is 13.5. The third-order valence-electron chi connectivity index (χ3n) is 14.6. The fraction of sp³-hybridized carbons (Fsp3) is 0.907. The first-order chi connectivity index (χ1) is 23.9. The van der Waals surface area contributed by atoms with Crippen LogP contribution in [0.3, 0.4) is 0 Å². The van der Waals surface area contributed by atoms with Gasteiger partial charge in [0, 0.05) is 37.7 Å². The number of piperidine rings is 1. The predicted octanol–water partition coefficient (Wildman–Crippen LogP) is 6.96. The molecule has 11 unspecified atom stereocenters. The van der Waals surface area contributed by atoms with E-state index in [1.807, 2.05) is 0 Å². The van der Waals surface area contributed by atoms with Crippen LogP contribution in [0.1, 0.15) is 154 Å². The maximum Gasteiger partial charge on any atom is 0.144 e. The summed E-state index contributed by atoms with van der Waals surface area (Å²) in [7, 11) is 1.71. The van der Waals surface area contributed by atoms with Crippen molar-refractivity contribution >= 4 is 11.6 Å². The standard InChI is InChI=1S/C43H70N2O4/c1-49-42-26-35-15-17-36(46)27-40(47)39-24-30(12-8-11-29-9-4-2-5-10-29)21-32(22-31-19-20-45-43(44)25-31)23-34(39)16-18-37(38(35)28-41(42)48)33-13-6-3-7-14-33/h29-35,37-39,41-43,45,48H,2-15,17,19-28,44H2,1H3/p+1. The van der Waals surface area contributed by atoms with E-state index in [4.69, 9.17) is 10.5 Å². The maximum atomic E-state index is 14.3. The van der Waals surface area contributed by atoms with Crippen molar-refractivity contribution in [2.75, 3.05) is 13.7 Å². The van der Waals surface area contributed by atoms with Gasteiger partial charge in [-0.05, 0) is 106 Å². The predicted molar refractivity (Wildman–Crippen MR) is 195 cm³/mol. The Morgan fingerprint density at radius 3 is 2.29 bits per heavy atom. The minimum absolute atomic E-state index is 0.0293. The van der Waals surface area contributed by atoms with E-state index in [1.54, 1.807) is 7.11 Å². The van der Waals surface area contributed by atoms with Gasteiger partial charge in [-0.25, -0.2) is 0 Å². The van der Waals surface area contributed by atoms with Crippen LogP contribution in [0, 0.1) is 71.0 Å². The van der Waals surface area contributed by atoms with Crippen molar-refractivity contribution in [2.45, 2.75) is 172 Å². The summed E-state index contributed by atoms with van der Waals surface area (Å²) in [6, 6.07) is 0. The molecule has 1 aliphatic heterocycles. The summed E-state index contributed by atoms with van der Waals surface area (Å²) in [5.74, 6) is 12.1. The molecule has 1 saturated heterocycles. The van der Waals surface area contributed by atoms with Crippen LogP contribution in [-0.4, -0.2) is 48.7 Å². The van der Waals surface area contributed by atoms with Gasteiger partial charge in [-0.15, -0.1) is 0 Å². The molecule has 5 aliphatic carbocycles. The molecular weight excluding hydrogens is 608 g/mol. The molecule has 6 aliphatic rings. The lowest BCUT2D eigenvalue weighted by molar-refractivity contribution is -0.699. The number of hydrogen-bond donors (Lipinski definition) is 3. The number of rotatable bonds is 8. The highest BCUT2D eigenvalue weighted by Crippen LogP contribution is 2.47. The molecule has 0 radical (unpaired) electrons. The third kappa shape index (κ3) is 10.4. The van der Waals surface area contributed by atoms with E-state index < -0.39 is 6.10 Å². The van der Waals surface area contributed by atoms with Crippen molar-refractivity contribution in [3.8, 4) is 11.8 Å². The largest absolute Gasteiger partial charge is 0.390 e. The highest BCUT2D eigenvalue weighted by atomic mass is 16.5. The van der Waals surface area contributed by atoms with Crippen LogP contribution < -0.4 is 11.1 Å². The van der Waals surface area contributed by atoms with Gasteiger partial charge in [-0.1, -0.05) is 82.5 Å². The van der Waals surface area contributed by atoms with E-state index in [9.17, 15) is 14.7 Å². The lowest BCUT2D eigenvalue weighted by atomic mass is 9.63. The van der Waals surface area contributed by atoms with Crippen molar-refractivity contribution in [1.29, 1.82) is 0 Å². The molecule has 276 valence electrons. The molecule has 49 heavy (non-hydrogen) atoms. The quantitative estimate of drug-likeness (QED) is 0.190. The van der Waals surface area contributed by atoms with Crippen LogP contribution in [0.25, 0.3) is 0 Å². The Kier molecular flexibility index (Phi) is 14.1. The van der Waals surface area contributed by atoms with Gasteiger partial charge >= 0.3 is 0 Å². The minimum atomic E-state index is -0.479. The summed E-state index contributed by atoms with van der Waals surface area (Å²) in [5.41, 5.74) is 6.45. The normalized spacial score (nSPS) is 40.5. The summed E-state index contributed by atoms with van der Waals surface area (Å²) < 4.78 is 5.75. The van der Waals surface area contributed by atoms with Gasteiger partial charge in [0.25, 0.3) is 0 Å². The van der Waals surface area contributed by atoms with Crippen LogP contribution in [0.2, 0.25) is 0 Å². The Labute approximate surface area is 298 Å². The van der Waals surface area contributed by atoms with Gasteiger partial charge < -0.3 is 15.2 Å². The third-order valence-corrected chi connectivity index (χ3v) is 14.6. The van der Waals surface area contributed by atoms with Crippen LogP contribution in [-0.2, 0) is 14.3 Å². The topological polar surface area (TPSA) is 106 Å². The van der Waals surface area contributed by atoms with Crippen LogP contribution in [0.5, 0.6) is 0 Å². The summed E-state index contributed by atoms with van der Waals surface area (Å²) in [4.78, 5) is 27.9. The monoisotopic (exact) mass is 680 g/mol. The molecule has 11 atom stereocenters. The summed E-state index contributed by atoms with van der Waals surface area (Å²) in [6.45, 7) is 1.12. The van der Waals surface area contributed by atoms with Gasteiger partial charge in [-0.2, -0.15) is 0 Å². The number of ether oxygens (including phenoxy) is 1. The van der Waals surface area contributed by atoms with E-state index in [-0.39, 0.29) is 53.9 Å². The van der Waals surface area contributed by atoms with Crippen molar-refractivity contribution in [2.24, 2.45) is 64.9 Å². The SMILES string of the molecule is COC1CC2CCC(=O)CC(=O)C3CC(CCCC4CCCCC4)CC(CC4CC[NH2+]C(N)C4)CC3C#CC(C3CCCCC3)C2CC1O. The van der Waals surface area contributed by atoms with Crippen LogP contribution in [0.4, 0.5) is 0 Å². The molecule has 0 aromatic rings. The Bertz CT molecular complexity index is 1120. The van der Waals surface area contributed by atoms with Gasteiger partial charge in [0.15, 0.2) is 0 Å². The van der Waals surface area contributed by atoms with Crippen molar-refractivity contribution in [1.82, 2.24) is 0 Å². The van der Waals surface area contributed by atoms with E-state index in [2.05, 4.69) is 17.2 Å². The molecule has 6 rings (SSSR count). The Morgan fingerprint density at radius 2 is 1.53 bits per heavy atom. The van der Waals surface area contributed by atoms with Crippen LogP contribution in [0.15, 0.2) is 0 Å². The molecule has 5 N–H and O–H groups in total. The molecule has 6 heteroatoms. The fourth-order valence-electron chi connectivity index (χ4n) is 12.0. The summed E-state index contributed by atoms with van der Waals surface area (Å²) in [6.07, 6.45) is 26.1. The first-order valence-corrected chi connectivity index (χ1v) is 21.2. The average Bonchev–Trinajstić information content (AvgIpc) is 3.27. The van der Waals surface area contributed by atoms with Crippen LogP contribution >= 0.6 is 0 Å². The molecule has 0 bridgehead atoms. The van der Waals surface area contributed by atoms with Gasteiger partial charge in [0.2, 0.25) is 0 Å². The Hall–Kier alpha value is -1.26. The molecule has 0 aromatic heterocycles. The molecule has 0 spiro atoms. The number of ketones is 2. The number of methoxy groups -OCH3 is 1. The van der Waals surface area contributed by atoms with E-state index in [1.165, 1.54) is 103 Å². The first kappa shape index (κ1) is 37.5. The number of aliphatic hydroxyl groups is 1. The fourth-order valence-corrected chi connectivity index (χ4v) is 12.0. The highest BCUT2D eigenvalue weighted by Gasteiger charge is 2.44. The second kappa shape index (κ2) is 18.5. The lowest BCUT2D eigenvalue weighted by Gasteiger charge is -2.44. The smallest absolute Gasteiger partial charge is 0.144 e. The Balaban J connectivity index is 1.29. The van der Waals surface area contributed by atoms with E-state index in [0.717, 1.165) is 44.6 Å². The second-order valence-corrected chi connectivity index (χ2v) is 18.1. The molecule has 0 aromatic carbocycles. The lowest BCUT2D eigenvalue weighted by Crippen LogP contribution is -2.94. The number of carbonyl (C=O) groups is 2. The van der Waals surface area contributed by atoms with Crippen molar-refractivity contribution < 1.29 is 24.7 Å². The molecule has 6 nitrogen and oxygen atoms in total. The molecular formula is C43H71N2O4+.